The Hall–Kier alpha value is -0.380. The molecule has 1 aromatic carbocycles. The Labute approximate surface area is 119 Å². The first-order valence-electron chi connectivity index (χ1n) is 6.91. The summed E-state index contributed by atoms with van der Waals surface area (Å²) < 4.78 is 1.20. The Morgan fingerprint density at radius 1 is 1.44 bits per heavy atom. The molecule has 2 rings (SSSR count). The van der Waals surface area contributed by atoms with Crippen LogP contribution in [0.5, 0.6) is 0 Å². The van der Waals surface area contributed by atoms with E-state index in [0.29, 0.717) is 6.04 Å². The Bertz CT molecular complexity index is 381. The van der Waals surface area contributed by atoms with Crippen LogP contribution < -0.4 is 5.32 Å². The molecule has 3 heteroatoms. The molecule has 1 fully saturated rings. The molecule has 18 heavy (non-hydrogen) atoms. The molecule has 1 aromatic rings. The van der Waals surface area contributed by atoms with E-state index in [0.717, 1.165) is 12.5 Å². The number of nitrogens with zero attached hydrogens (tertiary/aromatic N) is 1. The van der Waals surface area contributed by atoms with Crippen molar-refractivity contribution in [3.63, 3.8) is 0 Å². The van der Waals surface area contributed by atoms with Crippen LogP contribution in [0.1, 0.15) is 31.9 Å². The van der Waals surface area contributed by atoms with Crippen LogP contribution in [-0.2, 0) is 0 Å². The lowest BCUT2D eigenvalue weighted by molar-refractivity contribution is 0.336. The number of rotatable bonds is 5. The molecule has 2 atom stereocenters. The Kier molecular flexibility index (Phi) is 5.22. The molecule has 0 aromatic heterocycles. The van der Waals surface area contributed by atoms with E-state index in [4.69, 9.17) is 0 Å². The van der Waals surface area contributed by atoms with Gasteiger partial charge in [-0.15, -0.1) is 0 Å². The molecule has 0 aliphatic carbocycles. The molecular formula is C15H23BrN2. The number of benzene rings is 1. The Balaban J connectivity index is 1.82. The second-order valence-electron chi connectivity index (χ2n) is 5.20. The SMILES string of the molecule is CCN1CCC(CNC(C)c2ccccc2Br)C1. The van der Waals surface area contributed by atoms with Gasteiger partial charge in [-0.2, -0.15) is 0 Å². The lowest BCUT2D eigenvalue weighted by Crippen LogP contribution is -2.28. The standard InChI is InChI=1S/C15H23BrN2/c1-3-18-9-8-13(11-18)10-17-12(2)14-6-4-5-7-15(14)16/h4-7,12-13,17H,3,8-11H2,1-2H3. The van der Waals surface area contributed by atoms with Gasteiger partial charge in [0.15, 0.2) is 0 Å². The zero-order valence-electron chi connectivity index (χ0n) is 11.3. The number of halogens is 1. The summed E-state index contributed by atoms with van der Waals surface area (Å²) in [5.74, 6) is 0.815. The predicted molar refractivity (Wildman–Crippen MR) is 80.8 cm³/mol. The van der Waals surface area contributed by atoms with Crippen molar-refractivity contribution in [1.29, 1.82) is 0 Å². The van der Waals surface area contributed by atoms with Gasteiger partial charge in [0, 0.05) is 17.1 Å². The van der Waals surface area contributed by atoms with Crippen molar-refractivity contribution in [2.45, 2.75) is 26.3 Å². The molecule has 0 amide bonds. The third kappa shape index (κ3) is 3.56. The molecule has 2 nitrogen and oxygen atoms in total. The van der Waals surface area contributed by atoms with Gasteiger partial charge >= 0.3 is 0 Å². The van der Waals surface area contributed by atoms with Crippen molar-refractivity contribution in [2.24, 2.45) is 5.92 Å². The molecule has 2 unspecified atom stereocenters. The van der Waals surface area contributed by atoms with Gasteiger partial charge in [-0.3, -0.25) is 0 Å². The van der Waals surface area contributed by atoms with Crippen LogP contribution in [0.15, 0.2) is 28.7 Å². The highest BCUT2D eigenvalue weighted by Gasteiger charge is 2.21. The van der Waals surface area contributed by atoms with Crippen molar-refractivity contribution in [3.8, 4) is 0 Å². The van der Waals surface area contributed by atoms with Crippen LogP contribution in [0.4, 0.5) is 0 Å². The summed E-state index contributed by atoms with van der Waals surface area (Å²) >= 11 is 3.62. The Morgan fingerprint density at radius 3 is 2.89 bits per heavy atom. The quantitative estimate of drug-likeness (QED) is 0.896. The van der Waals surface area contributed by atoms with Gasteiger partial charge < -0.3 is 10.2 Å². The predicted octanol–water partition coefficient (Wildman–Crippen LogP) is 3.44. The minimum atomic E-state index is 0.413. The van der Waals surface area contributed by atoms with E-state index in [1.165, 1.54) is 36.1 Å². The number of hydrogen-bond acceptors (Lipinski definition) is 2. The van der Waals surface area contributed by atoms with E-state index in [2.05, 4.69) is 64.3 Å². The average Bonchev–Trinajstić information content (AvgIpc) is 2.84. The summed E-state index contributed by atoms with van der Waals surface area (Å²) in [7, 11) is 0. The maximum atomic E-state index is 3.67. The third-order valence-electron chi connectivity index (χ3n) is 3.90. The smallest absolute Gasteiger partial charge is 0.0303 e. The second kappa shape index (κ2) is 6.69. The molecule has 1 saturated heterocycles. The first-order valence-corrected chi connectivity index (χ1v) is 7.70. The fourth-order valence-corrected chi connectivity index (χ4v) is 3.27. The molecule has 1 heterocycles. The lowest BCUT2D eigenvalue weighted by atomic mass is 10.1. The molecule has 1 aliphatic heterocycles. The summed E-state index contributed by atoms with van der Waals surface area (Å²) in [6, 6.07) is 8.89. The number of hydrogen-bond donors (Lipinski definition) is 1. The maximum Gasteiger partial charge on any atom is 0.0303 e. The van der Waals surface area contributed by atoms with Crippen LogP contribution in [0.2, 0.25) is 0 Å². The molecule has 0 spiro atoms. The van der Waals surface area contributed by atoms with Gasteiger partial charge in [-0.05, 0) is 50.5 Å². The monoisotopic (exact) mass is 310 g/mol. The summed E-state index contributed by atoms with van der Waals surface area (Å²) in [6.45, 7) is 9.33. The molecular weight excluding hydrogens is 288 g/mol. The van der Waals surface area contributed by atoms with Crippen LogP contribution in [-0.4, -0.2) is 31.1 Å². The summed E-state index contributed by atoms with van der Waals surface area (Å²) in [4.78, 5) is 2.54. The Morgan fingerprint density at radius 2 is 2.22 bits per heavy atom. The molecule has 1 N–H and O–H groups in total. The minimum absolute atomic E-state index is 0.413. The van der Waals surface area contributed by atoms with E-state index in [-0.39, 0.29) is 0 Å². The van der Waals surface area contributed by atoms with Gasteiger partial charge in [0.05, 0.1) is 0 Å². The van der Waals surface area contributed by atoms with E-state index < -0.39 is 0 Å². The molecule has 100 valence electrons. The highest BCUT2D eigenvalue weighted by Crippen LogP contribution is 2.23. The van der Waals surface area contributed by atoms with Crippen LogP contribution >= 0.6 is 15.9 Å². The van der Waals surface area contributed by atoms with E-state index in [9.17, 15) is 0 Å². The van der Waals surface area contributed by atoms with Gasteiger partial charge in [0.1, 0.15) is 0 Å². The molecule has 1 aliphatic rings. The van der Waals surface area contributed by atoms with Crippen molar-refractivity contribution in [3.05, 3.63) is 34.3 Å². The van der Waals surface area contributed by atoms with Gasteiger partial charge in [0.2, 0.25) is 0 Å². The van der Waals surface area contributed by atoms with E-state index in [1.54, 1.807) is 0 Å². The number of likely N-dealkylation sites (tertiary alicyclic amines) is 1. The maximum absolute atomic E-state index is 3.67. The van der Waals surface area contributed by atoms with E-state index >= 15 is 0 Å². The van der Waals surface area contributed by atoms with Crippen molar-refractivity contribution < 1.29 is 0 Å². The summed E-state index contributed by atoms with van der Waals surface area (Å²) in [6.07, 6.45) is 1.34. The van der Waals surface area contributed by atoms with Crippen LogP contribution in [0, 0.1) is 5.92 Å². The highest BCUT2D eigenvalue weighted by molar-refractivity contribution is 9.10. The first-order chi connectivity index (χ1) is 8.70. The van der Waals surface area contributed by atoms with Crippen molar-refractivity contribution >= 4 is 15.9 Å². The van der Waals surface area contributed by atoms with Gasteiger partial charge in [-0.1, -0.05) is 41.1 Å². The zero-order valence-corrected chi connectivity index (χ0v) is 12.9. The van der Waals surface area contributed by atoms with Crippen LogP contribution in [0.3, 0.4) is 0 Å². The van der Waals surface area contributed by atoms with Crippen LogP contribution in [0.25, 0.3) is 0 Å². The average molecular weight is 311 g/mol. The first kappa shape index (κ1) is 14.0. The van der Waals surface area contributed by atoms with Crippen molar-refractivity contribution in [1.82, 2.24) is 10.2 Å². The van der Waals surface area contributed by atoms with Crippen molar-refractivity contribution in [2.75, 3.05) is 26.2 Å². The fraction of sp³-hybridized carbons (Fsp3) is 0.600. The normalized spacial score (nSPS) is 22.3. The highest BCUT2D eigenvalue weighted by atomic mass is 79.9. The molecule has 0 saturated carbocycles. The summed E-state index contributed by atoms with van der Waals surface area (Å²) in [5, 5.41) is 3.67. The van der Waals surface area contributed by atoms with Gasteiger partial charge in [-0.25, -0.2) is 0 Å². The zero-order chi connectivity index (χ0) is 13.0. The second-order valence-corrected chi connectivity index (χ2v) is 6.05. The topological polar surface area (TPSA) is 15.3 Å². The third-order valence-corrected chi connectivity index (χ3v) is 4.62. The fourth-order valence-electron chi connectivity index (χ4n) is 2.65. The minimum Gasteiger partial charge on any atom is -0.310 e. The molecule has 0 bridgehead atoms. The van der Waals surface area contributed by atoms with Gasteiger partial charge in [0.25, 0.3) is 0 Å². The molecule has 0 radical (unpaired) electrons. The number of nitrogens with one attached hydrogen (secondary N) is 1. The summed E-state index contributed by atoms with van der Waals surface area (Å²) in [5.41, 5.74) is 1.35. The van der Waals surface area contributed by atoms with E-state index in [1.807, 2.05) is 0 Å². The lowest BCUT2D eigenvalue weighted by Gasteiger charge is -2.19. The largest absolute Gasteiger partial charge is 0.310 e.